The monoisotopic (exact) mass is 203 g/mol. The topological polar surface area (TPSA) is 32.9 Å². The highest BCUT2D eigenvalue weighted by Crippen LogP contribution is 2.27. The van der Waals surface area contributed by atoms with Crippen molar-refractivity contribution in [2.45, 2.75) is 9.79 Å². The number of hydrogen-bond donors (Lipinski definition) is 1. The molecule has 2 rings (SSSR count). The number of benzene rings is 1. The minimum absolute atomic E-state index is 0.614. The molecule has 0 aliphatic rings. The molecule has 14 heavy (non-hydrogen) atoms. The third kappa shape index (κ3) is 2.06. The Bertz CT molecular complexity index is 422. The molecule has 3 heteroatoms. The summed E-state index contributed by atoms with van der Waals surface area (Å²) in [5.41, 5.74) is 0.614. The Hall–Kier alpha value is -1.48. The van der Waals surface area contributed by atoms with Gasteiger partial charge in [-0.2, -0.15) is 0 Å². The van der Waals surface area contributed by atoms with E-state index in [-0.39, 0.29) is 0 Å². The van der Waals surface area contributed by atoms with E-state index in [9.17, 15) is 4.79 Å². The second-order valence-corrected chi connectivity index (χ2v) is 3.97. The van der Waals surface area contributed by atoms with Crippen LogP contribution in [-0.4, -0.2) is 11.3 Å². The lowest BCUT2D eigenvalue weighted by molar-refractivity contribution is 0.111. The maximum absolute atomic E-state index is 10.4. The van der Waals surface area contributed by atoms with Gasteiger partial charge in [0.2, 0.25) is 0 Å². The molecule has 0 radical (unpaired) electrons. The van der Waals surface area contributed by atoms with E-state index >= 15 is 0 Å². The van der Waals surface area contributed by atoms with Crippen molar-refractivity contribution in [2.24, 2.45) is 0 Å². The summed E-state index contributed by atoms with van der Waals surface area (Å²) in [4.78, 5) is 15.5. The third-order valence-corrected chi connectivity index (χ3v) is 2.76. The Morgan fingerprint density at radius 3 is 2.57 bits per heavy atom. The number of nitrogens with one attached hydrogen (secondary N) is 1. The van der Waals surface area contributed by atoms with Gasteiger partial charge in [0.1, 0.15) is 0 Å². The van der Waals surface area contributed by atoms with Crippen molar-refractivity contribution in [3.63, 3.8) is 0 Å². The second kappa shape index (κ2) is 4.15. The van der Waals surface area contributed by atoms with E-state index in [1.165, 1.54) is 4.90 Å². The maximum Gasteiger partial charge on any atom is 0.166 e. The average Bonchev–Trinajstić information content (AvgIpc) is 2.67. The zero-order valence-corrected chi connectivity index (χ0v) is 8.25. The summed E-state index contributed by atoms with van der Waals surface area (Å²) in [5.74, 6) is 0. The van der Waals surface area contributed by atoms with Crippen LogP contribution in [0.3, 0.4) is 0 Å². The minimum Gasteiger partial charge on any atom is -0.358 e. The van der Waals surface area contributed by atoms with Gasteiger partial charge in [-0.05, 0) is 18.2 Å². The molecule has 0 atom stereocenters. The van der Waals surface area contributed by atoms with E-state index in [0.717, 1.165) is 11.2 Å². The first-order chi connectivity index (χ1) is 6.88. The van der Waals surface area contributed by atoms with Gasteiger partial charge in [0, 0.05) is 16.0 Å². The van der Waals surface area contributed by atoms with E-state index in [1.807, 2.05) is 42.6 Å². The van der Waals surface area contributed by atoms with Crippen LogP contribution in [0, 0.1) is 0 Å². The fourth-order valence-electron chi connectivity index (χ4n) is 1.14. The molecule has 1 heterocycles. The highest BCUT2D eigenvalue weighted by Gasteiger charge is 1.99. The summed E-state index contributed by atoms with van der Waals surface area (Å²) in [6.45, 7) is 0. The molecule has 0 saturated carbocycles. The van der Waals surface area contributed by atoms with Gasteiger partial charge < -0.3 is 4.98 Å². The predicted molar refractivity (Wildman–Crippen MR) is 56.7 cm³/mol. The number of rotatable bonds is 3. The molecule has 0 spiro atoms. The average molecular weight is 203 g/mol. The van der Waals surface area contributed by atoms with Crippen LogP contribution >= 0.6 is 11.8 Å². The van der Waals surface area contributed by atoms with Crippen molar-refractivity contribution in [1.82, 2.24) is 4.98 Å². The SMILES string of the molecule is O=Cc1cc(Sc2ccccc2)c[nH]1. The Kier molecular flexibility index (Phi) is 2.70. The van der Waals surface area contributed by atoms with Crippen LogP contribution < -0.4 is 0 Å². The molecule has 1 N–H and O–H groups in total. The lowest BCUT2D eigenvalue weighted by Crippen LogP contribution is -1.72. The summed E-state index contributed by atoms with van der Waals surface area (Å²) in [6, 6.07) is 11.9. The van der Waals surface area contributed by atoms with E-state index in [0.29, 0.717) is 5.69 Å². The predicted octanol–water partition coefficient (Wildman–Crippen LogP) is 2.98. The van der Waals surface area contributed by atoms with E-state index in [1.54, 1.807) is 11.8 Å². The zero-order chi connectivity index (χ0) is 9.80. The lowest BCUT2D eigenvalue weighted by Gasteiger charge is -1.95. The zero-order valence-electron chi connectivity index (χ0n) is 7.44. The first-order valence-electron chi connectivity index (χ1n) is 4.25. The van der Waals surface area contributed by atoms with Crippen molar-refractivity contribution in [3.8, 4) is 0 Å². The molecule has 0 saturated heterocycles. The summed E-state index contributed by atoms with van der Waals surface area (Å²) in [7, 11) is 0. The molecule has 2 nitrogen and oxygen atoms in total. The van der Waals surface area contributed by atoms with Gasteiger partial charge in [-0.3, -0.25) is 4.79 Å². The number of carbonyl (C=O) groups is 1. The second-order valence-electron chi connectivity index (χ2n) is 2.82. The molecule has 2 aromatic rings. The number of hydrogen-bond acceptors (Lipinski definition) is 2. The van der Waals surface area contributed by atoms with Gasteiger partial charge in [0.15, 0.2) is 6.29 Å². The molecule has 0 aliphatic heterocycles. The molecule has 70 valence electrons. The largest absolute Gasteiger partial charge is 0.358 e. The van der Waals surface area contributed by atoms with Crippen LogP contribution in [0.15, 0.2) is 52.4 Å². The Labute approximate surface area is 86.3 Å². The van der Waals surface area contributed by atoms with Crippen LogP contribution in [0.1, 0.15) is 10.5 Å². The Morgan fingerprint density at radius 2 is 1.93 bits per heavy atom. The fourth-order valence-corrected chi connectivity index (χ4v) is 2.01. The van der Waals surface area contributed by atoms with Crippen molar-refractivity contribution >= 4 is 18.0 Å². The van der Waals surface area contributed by atoms with Gasteiger partial charge in [-0.15, -0.1) is 0 Å². The molecule has 0 bridgehead atoms. The summed E-state index contributed by atoms with van der Waals surface area (Å²) in [6.07, 6.45) is 2.65. The maximum atomic E-state index is 10.4. The standard InChI is InChI=1S/C11H9NOS/c13-8-9-6-11(7-12-9)14-10-4-2-1-3-5-10/h1-8,12H. The van der Waals surface area contributed by atoms with Gasteiger partial charge >= 0.3 is 0 Å². The summed E-state index contributed by atoms with van der Waals surface area (Å²) < 4.78 is 0. The van der Waals surface area contributed by atoms with Crippen molar-refractivity contribution < 1.29 is 4.79 Å². The van der Waals surface area contributed by atoms with E-state index in [4.69, 9.17) is 0 Å². The number of aromatic amines is 1. The summed E-state index contributed by atoms with van der Waals surface area (Å²) >= 11 is 1.63. The van der Waals surface area contributed by atoms with E-state index in [2.05, 4.69) is 4.98 Å². The lowest BCUT2D eigenvalue weighted by atomic mass is 10.4. The smallest absolute Gasteiger partial charge is 0.166 e. The quantitative estimate of drug-likeness (QED) is 0.778. The van der Waals surface area contributed by atoms with Gasteiger partial charge in [-0.1, -0.05) is 30.0 Å². The van der Waals surface area contributed by atoms with Crippen LogP contribution in [-0.2, 0) is 0 Å². The van der Waals surface area contributed by atoms with Crippen LogP contribution in [0.2, 0.25) is 0 Å². The molecular weight excluding hydrogens is 194 g/mol. The van der Waals surface area contributed by atoms with Crippen molar-refractivity contribution in [3.05, 3.63) is 48.3 Å². The Morgan fingerprint density at radius 1 is 1.14 bits per heavy atom. The number of H-pyrrole nitrogens is 1. The first-order valence-corrected chi connectivity index (χ1v) is 5.06. The molecule has 1 aromatic carbocycles. The number of carbonyl (C=O) groups excluding carboxylic acids is 1. The summed E-state index contributed by atoms with van der Waals surface area (Å²) in [5, 5.41) is 0. The third-order valence-electron chi connectivity index (χ3n) is 1.78. The Balaban J connectivity index is 2.15. The van der Waals surface area contributed by atoms with E-state index < -0.39 is 0 Å². The molecule has 0 fully saturated rings. The highest BCUT2D eigenvalue weighted by molar-refractivity contribution is 7.99. The molecule has 0 amide bonds. The van der Waals surface area contributed by atoms with Crippen molar-refractivity contribution in [2.75, 3.05) is 0 Å². The minimum atomic E-state index is 0.614. The van der Waals surface area contributed by atoms with Crippen molar-refractivity contribution in [1.29, 1.82) is 0 Å². The van der Waals surface area contributed by atoms with Gasteiger partial charge in [0.05, 0.1) is 5.69 Å². The number of aldehydes is 1. The van der Waals surface area contributed by atoms with Gasteiger partial charge in [-0.25, -0.2) is 0 Å². The van der Waals surface area contributed by atoms with Gasteiger partial charge in [0.25, 0.3) is 0 Å². The van der Waals surface area contributed by atoms with Crippen LogP contribution in [0.4, 0.5) is 0 Å². The highest BCUT2D eigenvalue weighted by atomic mass is 32.2. The normalized spacial score (nSPS) is 10.0. The molecular formula is C11H9NOS. The molecule has 0 aliphatic carbocycles. The van der Waals surface area contributed by atoms with Crippen LogP contribution in [0.5, 0.6) is 0 Å². The molecule has 1 aromatic heterocycles. The molecule has 0 unspecified atom stereocenters. The first kappa shape index (κ1) is 9.09. The van der Waals surface area contributed by atoms with Crippen LogP contribution in [0.25, 0.3) is 0 Å². The fraction of sp³-hybridized carbons (Fsp3) is 0. The number of aromatic nitrogens is 1.